The molecule has 1 amide bonds. The van der Waals surface area contributed by atoms with Gasteiger partial charge >= 0.3 is 0 Å². The van der Waals surface area contributed by atoms with Gasteiger partial charge in [-0.15, -0.1) is 0 Å². The SMILES string of the molecule is Cc1ccc(NCC(=O)Nc2ccc(C)c([N+](=O)[O-])c2)cc1. The fraction of sp³-hybridized carbons (Fsp3) is 0.188. The Morgan fingerprint density at radius 2 is 1.73 bits per heavy atom. The lowest BCUT2D eigenvalue weighted by atomic mass is 10.2. The number of nitrogens with one attached hydrogen (secondary N) is 2. The van der Waals surface area contributed by atoms with Crippen LogP contribution in [0.25, 0.3) is 0 Å². The lowest BCUT2D eigenvalue weighted by Crippen LogP contribution is -2.21. The fourth-order valence-electron chi connectivity index (χ4n) is 1.94. The standard InChI is InChI=1S/C16H17N3O3/c1-11-3-6-13(7-4-11)17-10-16(20)18-14-8-5-12(2)15(9-14)19(21)22/h3-9,17H,10H2,1-2H3,(H,18,20). The zero-order valence-corrected chi connectivity index (χ0v) is 12.4. The molecule has 0 atom stereocenters. The third-order valence-corrected chi connectivity index (χ3v) is 3.19. The summed E-state index contributed by atoms with van der Waals surface area (Å²) >= 11 is 0. The quantitative estimate of drug-likeness (QED) is 0.655. The topological polar surface area (TPSA) is 84.3 Å². The molecule has 6 nitrogen and oxygen atoms in total. The highest BCUT2D eigenvalue weighted by atomic mass is 16.6. The van der Waals surface area contributed by atoms with Crippen LogP contribution in [-0.4, -0.2) is 17.4 Å². The van der Waals surface area contributed by atoms with Crippen molar-refractivity contribution in [2.45, 2.75) is 13.8 Å². The van der Waals surface area contributed by atoms with Crippen LogP contribution in [0.5, 0.6) is 0 Å². The molecule has 0 aliphatic heterocycles. The highest BCUT2D eigenvalue weighted by Gasteiger charge is 2.12. The van der Waals surface area contributed by atoms with Crippen molar-refractivity contribution < 1.29 is 9.72 Å². The molecule has 0 bridgehead atoms. The maximum absolute atomic E-state index is 11.9. The van der Waals surface area contributed by atoms with E-state index in [1.807, 2.05) is 31.2 Å². The van der Waals surface area contributed by atoms with E-state index in [2.05, 4.69) is 10.6 Å². The van der Waals surface area contributed by atoms with Gasteiger partial charge in [0.1, 0.15) is 0 Å². The van der Waals surface area contributed by atoms with E-state index < -0.39 is 4.92 Å². The Hall–Kier alpha value is -2.89. The van der Waals surface area contributed by atoms with Crippen LogP contribution < -0.4 is 10.6 Å². The van der Waals surface area contributed by atoms with Crippen molar-refractivity contribution in [3.63, 3.8) is 0 Å². The number of hydrogen-bond donors (Lipinski definition) is 2. The minimum Gasteiger partial charge on any atom is -0.376 e. The van der Waals surface area contributed by atoms with Gasteiger partial charge in [-0.3, -0.25) is 14.9 Å². The van der Waals surface area contributed by atoms with Crippen molar-refractivity contribution in [3.05, 3.63) is 63.7 Å². The third-order valence-electron chi connectivity index (χ3n) is 3.19. The number of benzene rings is 2. The van der Waals surface area contributed by atoms with Gasteiger partial charge in [-0.05, 0) is 32.0 Å². The summed E-state index contributed by atoms with van der Waals surface area (Å²) in [6.07, 6.45) is 0. The second-order valence-corrected chi connectivity index (χ2v) is 5.03. The summed E-state index contributed by atoms with van der Waals surface area (Å²) in [5.74, 6) is -0.265. The third kappa shape index (κ3) is 4.05. The van der Waals surface area contributed by atoms with Gasteiger partial charge in [-0.1, -0.05) is 23.8 Å². The van der Waals surface area contributed by atoms with Crippen molar-refractivity contribution in [3.8, 4) is 0 Å². The first-order valence-electron chi connectivity index (χ1n) is 6.81. The van der Waals surface area contributed by atoms with E-state index in [1.54, 1.807) is 19.1 Å². The Labute approximate surface area is 128 Å². The Bertz CT molecular complexity index is 696. The van der Waals surface area contributed by atoms with Crippen LogP contribution in [0.2, 0.25) is 0 Å². The molecule has 2 rings (SSSR count). The summed E-state index contributed by atoms with van der Waals surface area (Å²) < 4.78 is 0. The Balaban J connectivity index is 1.96. The van der Waals surface area contributed by atoms with E-state index in [0.717, 1.165) is 11.3 Å². The minimum atomic E-state index is -0.463. The summed E-state index contributed by atoms with van der Waals surface area (Å²) in [5, 5.41) is 16.5. The van der Waals surface area contributed by atoms with Crippen molar-refractivity contribution >= 4 is 23.0 Å². The van der Waals surface area contributed by atoms with Crippen molar-refractivity contribution in [1.82, 2.24) is 0 Å². The van der Waals surface area contributed by atoms with Crippen molar-refractivity contribution in [2.24, 2.45) is 0 Å². The molecule has 0 radical (unpaired) electrons. The summed E-state index contributed by atoms with van der Waals surface area (Å²) in [6.45, 7) is 3.73. The second kappa shape index (κ2) is 6.71. The predicted octanol–water partition coefficient (Wildman–Crippen LogP) is 3.26. The molecule has 0 aromatic heterocycles. The average molecular weight is 299 g/mol. The summed E-state index contributed by atoms with van der Waals surface area (Å²) in [6, 6.07) is 12.3. The van der Waals surface area contributed by atoms with Crippen molar-refractivity contribution in [2.75, 3.05) is 17.2 Å². The zero-order valence-electron chi connectivity index (χ0n) is 12.4. The molecule has 2 aromatic carbocycles. The molecule has 6 heteroatoms. The molecule has 0 saturated heterocycles. The largest absolute Gasteiger partial charge is 0.376 e. The number of amides is 1. The molecule has 22 heavy (non-hydrogen) atoms. The fourth-order valence-corrected chi connectivity index (χ4v) is 1.94. The average Bonchev–Trinajstić information content (AvgIpc) is 2.48. The molecule has 0 heterocycles. The predicted molar refractivity (Wildman–Crippen MR) is 86.1 cm³/mol. The van der Waals surface area contributed by atoms with Crippen LogP contribution >= 0.6 is 0 Å². The first-order valence-corrected chi connectivity index (χ1v) is 6.81. The number of nitrogens with zero attached hydrogens (tertiary/aromatic N) is 1. The molecule has 0 unspecified atom stereocenters. The van der Waals surface area contributed by atoms with Crippen LogP contribution in [0.15, 0.2) is 42.5 Å². The summed E-state index contributed by atoms with van der Waals surface area (Å²) in [4.78, 5) is 22.3. The lowest BCUT2D eigenvalue weighted by Gasteiger charge is -2.08. The van der Waals surface area contributed by atoms with E-state index in [1.165, 1.54) is 6.07 Å². The van der Waals surface area contributed by atoms with Gasteiger partial charge in [-0.2, -0.15) is 0 Å². The second-order valence-electron chi connectivity index (χ2n) is 5.03. The molecule has 2 N–H and O–H groups in total. The molecule has 0 aliphatic carbocycles. The van der Waals surface area contributed by atoms with Crippen LogP contribution in [0.1, 0.15) is 11.1 Å². The van der Waals surface area contributed by atoms with Gasteiger partial charge < -0.3 is 10.6 Å². The maximum Gasteiger partial charge on any atom is 0.274 e. The Kier molecular flexibility index (Phi) is 4.73. The lowest BCUT2D eigenvalue weighted by molar-refractivity contribution is -0.385. The van der Waals surface area contributed by atoms with E-state index in [-0.39, 0.29) is 18.1 Å². The van der Waals surface area contributed by atoms with Crippen LogP contribution in [0, 0.1) is 24.0 Å². The minimum absolute atomic E-state index is 0.00991. The molecule has 0 spiro atoms. The van der Waals surface area contributed by atoms with Gasteiger partial charge in [-0.25, -0.2) is 0 Å². The van der Waals surface area contributed by atoms with Crippen molar-refractivity contribution in [1.29, 1.82) is 0 Å². The Morgan fingerprint density at radius 3 is 2.36 bits per heavy atom. The van der Waals surface area contributed by atoms with Gasteiger partial charge in [0.25, 0.3) is 5.69 Å². The molecule has 0 aliphatic rings. The van der Waals surface area contributed by atoms with Gasteiger partial charge in [0, 0.05) is 23.0 Å². The van der Waals surface area contributed by atoms with Gasteiger partial charge in [0.15, 0.2) is 0 Å². The molecule has 2 aromatic rings. The highest BCUT2D eigenvalue weighted by molar-refractivity contribution is 5.94. The number of carbonyl (C=O) groups is 1. The normalized spacial score (nSPS) is 10.1. The zero-order chi connectivity index (χ0) is 16.1. The highest BCUT2D eigenvalue weighted by Crippen LogP contribution is 2.22. The number of hydrogen-bond acceptors (Lipinski definition) is 4. The molecular weight excluding hydrogens is 282 g/mol. The van der Waals surface area contributed by atoms with Crippen LogP contribution in [0.3, 0.4) is 0 Å². The summed E-state index contributed by atoms with van der Waals surface area (Å²) in [5.41, 5.74) is 2.94. The first kappa shape index (κ1) is 15.5. The smallest absolute Gasteiger partial charge is 0.274 e. The van der Waals surface area contributed by atoms with E-state index in [0.29, 0.717) is 11.3 Å². The maximum atomic E-state index is 11.9. The van der Waals surface area contributed by atoms with E-state index in [4.69, 9.17) is 0 Å². The number of nitro groups is 1. The number of anilines is 2. The number of rotatable bonds is 5. The number of carbonyl (C=O) groups excluding carboxylic acids is 1. The first-order chi connectivity index (χ1) is 10.5. The van der Waals surface area contributed by atoms with E-state index >= 15 is 0 Å². The molecular formula is C16H17N3O3. The molecule has 114 valence electrons. The monoisotopic (exact) mass is 299 g/mol. The van der Waals surface area contributed by atoms with Crippen LogP contribution in [0.4, 0.5) is 17.1 Å². The van der Waals surface area contributed by atoms with E-state index in [9.17, 15) is 14.9 Å². The summed E-state index contributed by atoms with van der Waals surface area (Å²) in [7, 11) is 0. The number of nitro benzene ring substituents is 1. The van der Waals surface area contributed by atoms with Crippen LogP contribution in [-0.2, 0) is 4.79 Å². The van der Waals surface area contributed by atoms with Gasteiger partial charge in [0.05, 0.1) is 11.5 Å². The van der Waals surface area contributed by atoms with Gasteiger partial charge in [0.2, 0.25) is 5.91 Å². The number of aryl methyl sites for hydroxylation is 2. The Morgan fingerprint density at radius 1 is 1.09 bits per heavy atom. The molecule has 0 saturated carbocycles. The molecule has 0 fully saturated rings.